The predicted octanol–water partition coefficient (Wildman–Crippen LogP) is 15.0. The van der Waals surface area contributed by atoms with Crippen molar-refractivity contribution in [1.82, 2.24) is 9.13 Å². The highest BCUT2D eigenvalue weighted by molar-refractivity contribution is 6.29. The summed E-state index contributed by atoms with van der Waals surface area (Å²) >= 11 is 0. The Bertz CT molecular complexity index is 3800. The van der Waals surface area contributed by atoms with E-state index < -0.39 is 0 Å². The van der Waals surface area contributed by atoms with Gasteiger partial charge in [-0.15, -0.1) is 0 Å². The van der Waals surface area contributed by atoms with Crippen molar-refractivity contribution in [2.75, 3.05) is 0 Å². The molecule has 13 aromatic rings. The van der Waals surface area contributed by atoms with Gasteiger partial charge in [-0.25, -0.2) is 0 Å². The summed E-state index contributed by atoms with van der Waals surface area (Å²) in [6.45, 7) is 0. The zero-order chi connectivity index (χ0) is 37.9. The molecular formula is C54H32N2O2. The Morgan fingerprint density at radius 2 is 0.759 bits per heavy atom. The van der Waals surface area contributed by atoms with Crippen molar-refractivity contribution in [2.45, 2.75) is 0 Å². The first-order chi connectivity index (χ1) is 28.7. The largest absolute Gasteiger partial charge is 0.456 e. The Morgan fingerprint density at radius 1 is 0.259 bits per heavy atom. The quantitative estimate of drug-likeness (QED) is 0.180. The van der Waals surface area contributed by atoms with E-state index in [4.69, 9.17) is 8.83 Å². The Morgan fingerprint density at radius 3 is 1.52 bits per heavy atom. The minimum atomic E-state index is 0.875. The van der Waals surface area contributed by atoms with E-state index in [-0.39, 0.29) is 0 Å². The van der Waals surface area contributed by atoms with Crippen LogP contribution in [0.4, 0.5) is 0 Å². The molecule has 4 heteroatoms. The van der Waals surface area contributed by atoms with Crippen molar-refractivity contribution in [3.05, 3.63) is 194 Å². The molecule has 0 bridgehead atoms. The van der Waals surface area contributed by atoms with Gasteiger partial charge in [0.05, 0.1) is 22.1 Å². The van der Waals surface area contributed by atoms with Gasteiger partial charge in [-0.05, 0) is 101 Å². The van der Waals surface area contributed by atoms with Gasteiger partial charge in [0.2, 0.25) is 0 Å². The second kappa shape index (κ2) is 11.8. The van der Waals surface area contributed by atoms with E-state index in [2.05, 4.69) is 179 Å². The van der Waals surface area contributed by atoms with E-state index in [9.17, 15) is 0 Å². The molecule has 0 amide bonds. The van der Waals surface area contributed by atoms with Crippen molar-refractivity contribution in [1.29, 1.82) is 0 Å². The van der Waals surface area contributed by atoms with Gasteiger partial charge in [-0.2, -0.15) is 0 Å². The lowest BCUT2D eigenvalue weighted by Gasteiger charge is -2.11. The Hall–Kier alpha value is -7.82. The highest BCUT2D eigenvalue weighted by Gasteiger charge is 2.22. The van der Waals surface area contributed by atoms with Crippen LogP contribution >= 0.6 is 0 Å². The molecule has 0 atom stereocenters. The molecule has 0 radical (unpaired) electrons. The molecule has 0 aliphatic heterocycles. The summed E-state index contributed by atoms with van der Waals surface area (Å²) in [4.78, 5) is 0. The van der Waals surface area contributed by atoms with Crippen LogP contribution in [-0.2, 0) is 0 Å². The number of furan rings is 2. The maximum Gasteiger partial charge on any atom is 0.137 e. The van der Waals surface area contributed by atoms with Crippen molar-refractivity contribution < 1.29 is 8.83 Å². The number of fused-ring (bicyclic) bond motifs is 13. The van der Waals surface area contributed by atoms with Gasteiger partial charge < -0.3 is 18.0 Å². The van der Waals surface area contributed by atoms with E-state index in [0.29, 0.717) is 0 Å². The highest BCUT2D eigenvalue weighted by atomic mass is 16.3. The minimum absolute atomic E-state index is 0.875. The van der Waals surface area contributed by atoms with Crippen molar-refractivity contribution in [3.63, 3.8) is 0 Å². The fraction of sp³-hybridized carbons (Fsp3) is 0. The number of benzene rings is 9. The van der Waals surface area contributed by atoms with Gasteiger partial charge >= 0.3 is 0 Å². The van der Waals surface area contributed by atoms with Crippen LogP contribution in [0.5, 0.6) is 0 Å². The smallest absolute Gasteiger partial charge is 0.137 e. The first kappa shape index (κ1) is 31.4. The zero-order valence-electron chi connectivity index (χ0n) is 31.2. The van der Waals surface area contributed by atoms with Crippen LogP contribution < -0.4 is 0 Å². The van der Waals surface area contributed by atoms with Crippen LogP contribution in [-0.4, -0.2) is 9.13 Å². The summed E-state index contributed by atoms with van der Waals surface area (Å²) in [7, 11) is 0. The lowest BCUT2D eigenvalue weighted by atomic mass is 10.00. The first-order valence-electron chi connectivity index (χ1n) is 19.7. The van der Waals surface area contributed by atoms with E-state index in [1.54, 1.807) is 0 Å². The van der Waals surface area contributed by atoms with Gasteiger partial charge in [0.15, 0.2) is 0 Å². The van der Waals surface area contributed by atoms with E-state index in [1.165, 1.54) is 43.7 Å². The Balaban J connectivity index is 1.11. The van der Waals surface area contributed by atoms with Crippen molar-refractivity contribution in [3.8, 4) is 33.6 Å². The number of hydrogen-bond donors (Lipinski definition) is 0. The lowest BCUT2D eigenvalue weighted by Crippen LogP contribution is -1.95. The fourth-order valence-corrected chi connectivity index (χ4v) is 9.52. The van der Waals surface area contributed by atoms with Crippen LogP contribution in [0, 0.1) is 0 Å². The highest BCUT2D eigenvalue weighted by Crippen LogP contribution is 2.44. The van der Waals surface area contributed by atoms with Crippen molar-refractivity contribution >= 4 is 87.5 Å². The van der Waals surface area contributed by atoms with Gasteiger partial charge in [-0.3, -0.25) is 0 Å². The summed E-state index contributed by atoms with van der Waals surface area (Å²) < 4.78 is 17.6. The molecule has 0 fully saturated rings. The van der Waals surface area contributed by atoms with Crippen LogP contribution in [0.2, 0.25) is 0 Å². The van der Waals surface area contributed by atoms with Gasteiger partial charge in [-0.1, -0.05) is 109 Å². The summed E-state index contributed by atoms with van der Waals surface area (Å²) in [6, 6.07) is 69.6. The lowest BCUT2D eigenvalue weighted by molar-refractivity contribution is 0.668. The predicted molar refractivity (Wildman–Crippen MR) is 241 cm³/mol. The third-order valence-corrected chi connectivity index (χ3v) is 12.1. The van der Waals surface area contributed by atoms with E-state index in [0.717, 1.165) is 77.4 Å². The average molecular weight is 741 g/mol. The zero-order valence-corrected chi connectivity index (χ0v) is 31.2. The Kier molecular flexibility index (Phi) is 6.41. The molecule has 0 aliphatic carbocycles. The molecule has 0 spiro atoms. The third kappa shape index (κ3) is 4.45. The molecule has 0 aliphatic rings. The van der Waals surface area contributed by atoms with Gasteiger partial charge in [0, 0.05) is 60.5 Å². The molecule has 9 aromatic carbocycles. The number of para-hydroxylation sites is 3. The average Bonchev–Trinajstić information content (AvgIpc) is 4.03. The SMILES string of the molecule is c1ccc(-c2cccc(-n3c4ccccc4c4c5c6cc(-c7ccc8c(c7)oc7ccccc78)ccc6n(-c6ccc7c(c6)oc6ccccc67)c5ccc43)c2)cc1. The molecule has 0 saturated heterocycles. The second-order valence-electron chi connectivity index (χ2n) is 15.3. The summed E-state index contributed by atoms with van der Waals surface area (Å²) in [5.74, 6) is 0. The van der Waals surface area contributed by atoms with Gasteiger partial charge in [0.1, 0.15) is 22.3 Å². The first-order valence-corrected chi connectivity index (χ1v) is 19.7. The fourth-order valence-electron chi connectivity index (χ4n) is 9.52. The normalized spacial score (nSPS) is 12.1. The molecular weight excluding hydrogens is 709 g/mol. The second-order valence-corrected chi connectivity index (χ2v) is 15.3. The van der Waals surface area contributed by atoms with Crippen LogP contribution in [0.25, 0.3) is 121 Å². The van der Waals surface area contributed by atoms with Crippen LogP contribution in [0.1, 0.15) is 0 Å². The summed E-state index contributed by atoms with van der Waals surface area (Å²) in [6.07, 6.45) is 0. The standard InChI is InChI=1S/C54H32N2O2/c1-2-11-33(12-3-1)34-13-10-14-37(29-34)55-45-18-7-4-17-43(45)53-47(55)27-28-48-54(53)44-30-35(36-21-24-41-39-15-5-8-19-49(39)57-51(41)31-36)22-26-46(44)56(48)38-23-25-42-40-16-6-9-20-50(40)58-52(42)32-38/h1-32H. The molecule has 4 heterocycles. The number of rotatable bonds is 4. The van der Waals surface area contributed by atoms with E-state index in [1.807, 2.05) is 24.3 Å². The topological polar surface area (TPSA) is 36.1 Å². The Labute approximate surface area is 332 Å². The minimum Gasteiger partial charge on any atom is -0.456 e. The number of aromatic nitrogens is 2. The summed E-state index contributed by atoms with van der Waals surface area (Å²) in [5, 5.41) is 9.37. The molecule has 270 valence electrons. The molecule has 13 rings (SSSR count). The van der Waals surface area contributed by atoms with Crippen LogP contribution in [0.3, 0.4) is 0 Å². The third-order valence-electron chi connectivity index (χ3n) is 12.1. The molecule has 0 saturated carbocycles. The van der Waals surface area contributed by atoms with E-state index >= 15 is 0 Å². The molecule has 58 heavy (non-hydrogen) atoms. The maximum atomic E-state index is 6.45. The molecule has 4 nitrogen and oxygen atoms in total. The molecule has 0 N–H and O–H groups in total. The molecule has 0 unspecified atom stereocenters. The molecule has 4 aromatic heterocycles. The van der Waals surface area contributed by atoms with Crippen molar-refractivity contribution in [2.24, 2.45) is 0 Å². The maximum absolute atomic E-state index is 6.45. The van der Waals surface area contributed by atoms with Crippen LogP contribution in [0.15, 0.2) is 203 Å². The number of hydrogen-bond acceptors (Lipinski definition) is 2. The summed E-state index contributed by atoms with van der Waals surface area (Å²) in [5.41, 5.74) is 15.0. The monoisotopic (exact) mass is 740 g/mol. The number of nitrogens with zero attached hydrogens (tertiary/aromatic N) is 2. The van der Waals surface area contributed by atoms with Gasteiger partial charge in [0.25, 0.3) is 0 Å².